The fraction of sp³-hybridized carbons (Fsp3) is 0.194. The maximum Gasteiger partial charge on any atom is 0.167 e. The van der Waals surface area contributed by atoms with Gasteiger partial charge >= 0.3 is 0 Å². The smallest absolute Gasteiger partial charge is 0.167 e. The van der Waals surface area contributed by atoms with Crippen molar-refractivity contribution in [3.8, 4) is 11.3 Å². The lowest BCUT2D eigenvalue weighted by Gasteiger charge is -2.28. The summed E-state index contributed by atoms with van der Waals surface area (Å²) in [6.45, 7) is 4.99. The molecule has 0 atom stereocenters. The van der Waals surface area contributed by atoms with Crippen LogP contribution < -0.4 is 10.6 Å². The summed E-state index contributed by atoms with van der Waals surface area (Å²) in [5.41, 5.74) is 7.29. The van der Waals surface area contributed by atoms with Crippen molar-refractivity contribution in [2.24, 2.45) is 5.41 Å². The number of nitrogens with one attached hydrogen (secondary N) is 3. The zero-order chi connectivity index (χ0) is 26.1. The zero-order valence-electron chi connectivity index (χ0n) is 21.5. The molecule has 7 nitrogen and oxygen atoms in total. The van der Waals surface area contributed by atoms with Gasteiger partial charge in [-0.1, -0.05) is 62.4 Å². The lowest BCUT2D eigenvalue weighted by molar-refractivity contribution is 0.0912. The molecule has 0 spiro atoms. The molecular weight excluding hydrogens is 472 g/mol. The number of fused-ring (bicyclic) bond motifs is 1. The number of aromatic nitrogens is 4. The molecule has 0 bridgehead atoms. The molecule has 0 saturated carbocycles. The number of nitrogens with zero attached hydrogens (tertiary/aromatic N) is 3. The Labute approximate surface area is 222 Å². The molecule has 1 aliphatic rings. The van der Waals surface area contributed by atoms with Crippen LogP contribution in [0.15, 0.2) is 91.4 Å². The van der Waals surface area contributed by atoms with Gasteiger partial charge < -0.3 is 15.6 Å². The summed E-state index contributed by atoms with van der Waals surface area (Å²) in [6, 6.07) is 24.2. The van der Waals surface area contributed by atoms with E-state index >= 15 is 0 Å². The zero-order valence-corrected chi connectivity index (χ0v) is 21.5. The van der Waals surface area contributed by atoms with Crippen LogP contribution in [0.4, 0.5) is 22.9 Å². The summed E-state index contributed by atoms with van der Waals surface area (Å²) in [7, 11) is 0. The maximum atomic E-state index is 13.3. The van der Waals surface area contributed by atoms with Gasteiger partial charge in [-0.3, -0.25) is 9.48 Å². The molecular formula is C31H30N6O. The van der Waals surface area contributed by atoms with Crippen molar-refractivity contribution < 1.29 is 4.79 Å². The fourth-order valence-electron chi connectivity index (χ4n) is 5.15. The Morgan fingerprint density at radius 1 is 0.947 bits per heavy atom. The van der Waals surface area contributed by atoms with E-state index in [1.807, 2.05) is 71.5 Å². The summed E-state index contributed by atoms with van der Waals surface area (Å²) < 4.78 is 1.90. The number of hydrogen-bond acceptors (Lipinski definition) is 5. The minimum Gasteiger partial charge on any atom is -0.356 e. The van der Waals surface area contributed by atoms with Gasteiger partial charge in [-0.2, -0.15) is 5.10 Å². The minimum absolute atomic E-state index is 0.0823. The number of aromatic amines is 1. The van der Waals surface area contributed by atoms with Crippen molar-refractivity contribution in [2.75, 3.05) is 10.6 Å². The molecule has 7 heteroatoms. The number of rotatable bonds is 7. The Kier molecular flexibility index (Phi) is 6.04. The second-order valence-corrected chi connectivity index (χ2v) is 10.6. The Balaban J connectivity index is 1.32. The quantitative estimate of drug-likeness (QED) is 0.224. The normalized spacial score (nSPS) is 14.2. The summed E-state index contributed by atoms with van der Waals surface area (Å²) in [5.74, 6) is 0.863. The molecule has 3 N–H and O–H groups in total. The molecule has 5 aromatic rings. The summed E-state index contributed by atoms with van der Waals surface area (Å²) in [5, 5.41) is 11.4. The number of Topliss-reactive ketones (excluding diaryl/α,β-unsaturated/α-hetero) is 1. The van der Waals surface area contributed by atoms with Crippen LogP contribution >= 0.6 is 0 Å². The van der Waals surface area contributed by atoms with Crippen molar-refractivity contribution in [2.45, 2.75) is 33.2 Å². The highest BCUT2D eigenvalue weighted by Crippen LogP contribution is 2.43. The highest BCUT2D eigenvalue weighted by Gasteiger charge is 2.35. The van der Waals surface area contributed by atoms with Gasteiger partial charge in [0, 0.05) is 35.8 Å². The van der Waals surface area contributed by atoms with Crippen molar-refractivity contribution in [3.05, 3.63) is 108 Å². The molecule has 0 fully saturated rings. The van der Waals surface area contributed by atoms with Crippen molar-refractivity contribution in [1.29, 1.82) is 0 Å². The number of carbonyl (C=O) groups is 1. The molecule has 0 aliphatic heterocycles. The number of anilines is 4. The molecule has 0 unspecified atom stereocenters. The van der Waals surface area contributed by atoms with E-state index in [1.165, 1.54) is 5.56 Å². The number of pyridine rings is 1. The van der Waals surface area contributed by atoms with Crippen LogP contribution in [0.1, 0.15) is 41.9 Å². The SMILES string of the molecule is CC1(C)CC(=O)c2c([nH]c(-c3ccnc(Nc4cnn(Cc5ccccc5)c4)c3)c2Nc2ccccc2)C1. The number of benzene rings is 2. The second kappa shape index (κ2) is 9.67. The molecule has 0 saturated heterocycles. The summed E-state index contributed by atoms with van der Waals surface area (Å²) in [6.07, 6.45) is 6.89. The first kappa shape index (κ1) is 23.7. The van der Waals surface area contributed by atoms with Gasteiger partial charge in [-0.15, -0.1) is 0 Å². The lowest BCUT2D eigenvalue weighted by Crippen LogP contribution is -2.26. The van der Waals surface area contributed by atoms with Gasteiger partial charge in [-0.05, 0) is 41.7 Å². The van der Waals surface area contributed by atoms with E-state index in [2.05, 4.69) is 51.7 Å². The lowest BCUT2D eigenvalue weighted by atomic mass is 9.76. The first-order valence-electron chi connectivity index (χ1n) is 12.8. The van der Waals surface area contributed by atoms with E-state index in [-0.39, 0.29) is 11.2 Å². The van der Waals surface area contributed by atoms with Crippen LogP contribution in [-0.4, -0.2) is 25.5 Å². The van der Waals surface area contributed by atoms with Crippen LogP contribution in [0.2, 0.25) is 0 Å². The maximum absolute atomic E-state index is 13.3. The van der Waals surface area contributed by atoms with Crippen molar-refractivity contribution in [3.63, 3.8) is 0 Å². The van der Waals surface area contributed by atoms with E-state index in [0.717, 1.165) is 46.0 Å². The third kappa shape index (κ3) is 4.95. The number of hydrogen-bond donors (Lipinski definition) is 3. The Morgan fingerprint density at radius 3 is 2.50 bits per heavy atom. The molecule has 190 valence electrons. The van der Waals surface area contributed by atoms with Gasteiger partial charge in [0.25, 0.3) is 0 Å². The second-order valence-electron chi connectivity index (χ2n) is 10.6. The van der Waals surface area contributed by atoms with E-state index in [4.69, 9.17) is 0 Å². The van der Waals surface area contributed by atoms with Crippen LogP contribution in [0.25, 0.3) is 11.3 Å². The number of H-pyrrole nitrogens is 1. The van der Waals surface area contributed by atoms with E-state index < -0.39 is 0 Å². The third-order valence-corrected chi connectivity index (χ3v) is 6.84. The Bertz CT molecular complexity index is 1580. The Morgan fingerprint density at radius 2 is 1.71 bits per heavy atom. The van der Waals surface area contributed by atoms with Gasteiger partial charge in [0.2, 0.25) is 0 Å². The van der Waals surface area contributed by atoms with Crippen LogP contribution in [0.3, 0.4) is 0 Å². The molecule has 38 heavy (non-hydrogen) atoms. The van der Waals surface area contributed by atoms with Crippen molar-refractivity contribution in [1.82, 2.24) is 19.7 Å². The average Bonchev–Trinajstić information content (AvgIpc) is 3.48. The van der Waals surface area contributed by atoms with Gasteiger partial charge in [0.1, 0.15) is 5.82 Å². The largest absolute Gasteiger partial charge is 0.356 e. The highest BCUT2D eigenvalue weighted by molar-refractivity contribution is 6.07. The van der Waals surface area contributed by atoms with Crippen molar-refractivity contribution >= 4 is 28.7 Å². The highest BCUT2D eigenvalue weighted by atomic mass is 16.1. The molecule has 0 amide bonds. The molecule has 0 radical (unpaired) electrons. The Hall–Kier alpha value is -4.65. The van der Waals surface area contributed by atoms with E-state index in [0.29, 0.717) is 18.8 Å². The first-order valence-corrected chi connectivity index (χ1v) is 12.8. The van der Waals surface area contributed by atoms with Gasteiger partial charge in [-0.25, -0.2) is 4.98 Å². The van der Waals surface area contributed by atoms with E-state index in [9.17, 15) is 4.79 Å². The third-order valence-electron chi connectivity index (χ3n) is 6.84. The monoisotopic (exact) mass is 502 g/mol. The molecule has 2 aromatic carbocycles. The first-order chi connectivity index (χ1) is 18.4. The predicted octanol–water partition coefficient (Wildman–Crippen LogP) is 6.96. The summed E-state index contributed by atoms with van der Waals surface area (Å²) in [4.78, 5) is 21.4. The topological polar surface area (TPSA) is 87.6 Å². The van der Waals surface area contributed by atoms with Gasteiger partial charge in [0.05, 0.1) is 35.4 Å². The van der Waals surface area contributed by atoms with Crippen LogP contribution in [0, 0.1) is 5.41 Å². The molecule has 6 rings (SSSR count). The number of carbonyl (C=O) groups excluding carboxylic acids is 1. The minimum atomic E-state index is -0.0823. The summed E-state index contributed by atoms with van der Waals surface area (Å²) >= 11 is 0. The molecule has 1 aliphatic carbocycles. The van der Waals surface area contributed by atoms with Gasteiger partial charge in [0.15, 0.2) is 5.78 Å². The molecule has 3 aromatic heterocycles. The number of ketones is 1. The predicted molar refractivity (Wildman–Crippen MR) is 151 cm³/mol. The van der Waals surface area contributed by atoms with Crippen LogP contribution in [-0.2, 0) is 13.0 Å². The van der Waals surface area contributed by atoms with E-state index in [1.54, 1.807) is 12.4 Å². The fourth-order valence-corrected chi connectivity index (χ4v) is 5.15. The standard InChI is InChI=1S/C31H30N6O/c1-31(2)16-25-28(26(38)17-31)30(35-23-11-7-4-8-12-23)29(36-25)22-13-14-32-27(15-22)34-24-18-33-37(20-24)19-21-9-5-3-6-10-21/h3-15,18,20,35-36H,16-17,19H2,1-2H3,(H,32,34). The number of para-hydroxylation sites is 1. The average molecular weight is 503 g/mol. The molecule has 3 heterocycles. The van der Waals surface area contributed by atoms with Crippen LogP contribution in [0.5, 0.6) is 0 Å².